The van der Waals surface area contributed by atoms with Crippen molar-refractivity contribution >= 4 is 26.9 Å². The number of alkyl halides is 3. The minimum atomic E-state index is -4.40. The smallest absolute Gasteiger partial charge is 0.420 e. The van der Waals surface area contributed by atoms with Crippen LogP contribution in [0.2, 0.25) is 0 Å². The van der Waals surface area contributed by atoms with Gasteiger partial charge in [0.1, 0.15) is 11.3 Å². The van der Waals surface area contributed by atoms with Crippen LogP contribution in [0.5, 0.6) is 0 Å². The Hall–Kier alpha value is -0.970. The van der Waals surface area contributed by atoms with Crippen LogP contribution in [0, 0.1) is 0 Å². The largest absolute Gasteiger partial charge is 0.460 e. The fourth-order valence-corrected chi connectivity index (χ4v) is 2.03. The molecule has 2 aromatic rings. The molecule has 0 aliphatic rings. The Labute approximate surface area is 98.4 Å². The molecule has 0 fully saturated rings. The molecule has 0 aliphatic heterocycles. The third-order valence-corrected chi connectivity index (χ3v) is 2.74. The average Bonchev–Trinajstić information content (AvgIpc) is 2.57. The van der Waals surface area contributed by atoms with Gasteiger partial charge in [-0.3, -0.25) is 0 Å². The number of benzene rings is 1. The zero-order valence-corrected chi connectivity index (χ0v) is 9.95. The van der Waals surface area contributed by atoms with Gasteiger partial charge in [0.25, 0.3) is 0 Å². The number of hydrogen-bond donors (Lipinski definition) is 0. The van der Waals surface area contributed by atoms with E-state index in [0.29, 0.717) is 22.0 Å². The first-order valence-corrected chi connectivity index (χ1v) is 5.50. The van der Waals surface area contributed by atoms with Crippen LogP contribution in [0.25, 0.3) is 11.0 Å². The Morgan fingerprint density at radius 3 is 2.50 bits per heavy atom. The molecule has 0 saturated carbocycles. The van der Waals surface area contributed by atoms with Crippen molar-refractivity contribution in [2.45, 2.75) is 19.5 Å². The topological polar surface area (TPSA) is 13.1 Å². The van der Waals surface area contributed by atoms with Crippen molar-refractivity contribution in [1.82, 2.24) is 0 Å². The molecule has 0 bridgehead atoms. The second kappa shape index (κ2) is 3.80. The molecule has 16 heavy (non-hydrogen) atoms. The van der Waals surface area contributed by atoms with E-state index in [4.69, 9.17) is 4.42 Å². The molecule has 0 N–H and O–H groups in total. The summed E-state index contributed by atoms with van der Waals surface area (Å²) in [6.07, 6.45) is -3.82. The van der Waals surface area contributed by atoms with E-state index in [9.17, 15) is 13.2 Å². The number of halogens is 4. The van der Waals surface area contributed by atoms with E-state index >= 15 is 0 Å². The predicted molar refractivity (Wildman–Crippen MR) is 58.3 cm³/mol. The summed E-state index contributed by atoms with van der Waals surface area (Å²) in [7, 11) is 0. The van der Waals surface area contributed by atoms with E-state index in [2.05, 4.69) is 15.9 Å². The van der Waals surface area contributed by atoms with Gasteiger partial charge in [0.05, 0.1) is 5.56 Å². The Bertz CT molecular complexity index is 528. The van der Waals surface area contributed by atoms with Gasteiger partial charge in [-0.25, -0.2) is 0 Å². The first-order chi connectivity index (χ1) is 7.41. The molecular weight excluding hydrogens is 285 g/mol. The summed E-state index contributed by atoms with van der Waals surface area (Å²) in [5.74, 6) is 0.554. The van der Waals surface area contributed by atoms with Crippen LogP contribution in [-0.2, 0) is 12.6 Å². The van der Waals surface area contributed by atoms with E-state index in [1.807, 2.05) is 6.92 Å². The summed E-state index contributed by atoms with van der Waals surface area (Å²) in [6, 6.07) is 4.29. The van der Waals surface area contributed by atoms with Gasteiger partial charge in [-0.2, -0.15) is 13.2 Å². The number of fused-ring (bicyclic) bond motifs is 1. The minimum Gasteiger partial charge on any atom is -0.460 e. The number of furan rings is 1. The molecule has 1 nitrogen and oxygen atoms in total. The molecule has 0 atom stereocenters. The summed E-state index contributed by atoms with van der Waals surface area (Å²) in [5.41, 5.74) is -0.830. The quantitative estimate of drug-likeness (QED) is 0.737. The van der Waals surface area contributed by atoms with Gasteiger partial charge in [0.2, 0.25) is 0 Å². The molecule has 0 aliphatic carbocycles. The van der Waals surface area contributed by atoms with Gasteiger partial charge in [-0.15, -0.1) is 0 Å². The number of hydrogen-bond acceptors (Lipinski definition) is 1. The van der Waals surface area contributed by atoms with Crippen LogP contribution in [0.15, 0.2) is 27.1 Å². The van der Waals surface area contributed by atoms with Crippen molar-refractivity contribution < 1.29 is 17.6 Å². The number of rotatable bonds is 1. The Balaban J connectivity index is 2.76. The zero-order valence-electron chi connectivity index (χ0n) is 8.36. The first kappa shape index (κ1) is 11.5. The van der Waals surface area contributed by atoms with Crippen LogP contribution in [-0.4, -0.2) is 0 Å². The van der Waals surface area contributed by atoms with Crippen molar-refractivity contribution in [2.75, 3.05) is 0 Å². The molecule has 0 saturated heterocycles. The molecule has 2 rings (SSSR count). The standard InChI is InChI=1S/C11H8BrF3O/c1-2-8-4-6-3-7(12)5-9(10(6)16-8)11(13,14)15/h3-5H,2H2,1H3. The number of aryl methyl sites for hydroxylation is 1. The second-order valence-corrected chi connectivity index (χ2v) is 4.35. The highest BCUT2D eigenvalue weighted by Crippen LogP contribution is 2.38. The zero-order chi connectivity index (χ0) is 11.9. The SMILES string of the molecule is CCc1cc2cc(Br)cc(C(F)(F)F)c2o1. The predicted octanol–water partition coefficient (Wildman–Crippen LogP) is 4.78. The molecule has 0 spiro atoms. The lowest BCUT2D eigenvalue weighted by molar-refractivity contribution is -0.136. The van der Waals surface area contributed by atoms with E-state index in [0.717, 1.165) is 6.07 Å². The lowest BCUT2D eigenvalue weighted by atomic mass is 10.1. The maximum atomic E-state index is 12.7. The van der Waals surface area contributed by atoms with Gasteiger partial charge in [-0.1, -0.05) is 22.9 Å². The van der Waals surface area contributed by atoms with E-state index in [-0.39, 0.29) is 5.58 Å². The Morgan fingerprint density at radius 1 is 1.25 bits per heavy atom. The van der Waals surface area contributed by atoms with Gasteiger partial charge in [0.15, 0.2) is 0 Å². The molecule has 86 valence electrons. The Kier molecular flexibility index (Phi) is 2.74. The summed E-state index contributed by atoms with van der Waals surface area (Å²) in [4.78, 5) is 0. The monoisotopic (exact) mass is 292 g/mol. The highest BCUT2D eigenvalue weighted by molar-refractivity contribution is 9.10. The van der Waals surface area contributed by atoms with Gasteiger partial charge >= 0.3 is 6.18 Å². The summed E-state index contributed by atoms with van der Waals surface area (Å²) in [5, 5.41) is 0.471. The molecular formula is C11H8BrF3O. The van der Waals surface area contributed by atoms with E-state index in [1.54, 1.807) is 12.1 Å². The van der Waals surface area contributed by atoms with Gasteiger partial charge < -0.3 is 4.42 Å². The van der Waals surface area contributed by atoms with Gasteiger partial charge in [0, 0.05) is 16.3 Å². The molecule has 1 aromatic heterocycles. The second-order valence-electron chi connectivity index (χ2n) is 3.44. The van der Waals surface area contributed by atoms with Crippen molar-refractivity contribution in [3.8, 4) is 0 Å². The molecule has 1 heterocycles. The van der Waals surface area contributed by atoms with Crippen LogP contribution >= 0.6 is 15.9 Å². The average molecular weight is 293 g/mol. The van der Waals surface area contributed by atoms with Crippen molar-refractivity contribution in [3.05, 3.63) is 34.0 Å². The maximum Gasteiger partial charge on any atom is 0.420 e. The van der Waals surface area contributed by atoms with E-state index < -0.39 is 11.7 Å². The third-order valence-electron chi connectivity index (χ3n) is 2.29. The highest BCUT2D eigenvalue weighted by Gasteiger charge is 2.34. The van der Waals surface area contributed by atoms with Crippen molar-refractivity contribution in [2.24, 2.45) is 0 Å². The lowest BCUT2D eigenvalue weighted by Gasteiger charge is -2.07. The highest BCUT2D eigenvalue weighted by atomic mass is 79.9. The summed E-state index contributed by atoms with van der Waals surface area (Å²) in [6.45, 7) is 1.83. The molecule has 1 aromatic carbocycles. The van der Waals surface area contributed by atoms with Crippen LogP contribution in [0.4, 0.5) is 13.2 Å². The lowest BCUT2D eigenvalue weighted by Crippen LogP contribution is -2.05. The van der Waals surface area contributed by atoms with Crippen LogP contribution in [0.1, 0.15) is 18.2 Å². The third kappa shape index (κ3) is 1.96. The fourth-order valence-electron chi connectivity index (χ4n) is 1.55. The maximum absolute atomic E-state index is 12.7. The molecule has 0 amide bonds. The fraction of sp³-hybridized carbons (Fsp3) is 0.273. The van der Waals surface area contributed by atoms with Crippen molar-refractivity contribution in [3.63, 3.8) is 0 Å². The van der Waals surface area contributed by atoms with Gasteiger partial charge in [-0.05, 0) is 18.2 Å². The molecule has 5 heteroatoms. The van der Waals surface area contributed by atoms with Crippen LogP contribution in [0.3, 0.4) is 0 Å². The Morgan fingerprint density at radius 2 is 1.94 bits per heavy atom. The summed E-state index contributed by atoms with van der Waals surface area (Å²) >= 11 is 3.07. The first-order valence-electron chi connectivity index (χ1n) is 4.71. The van der Waals surface area contributed by atoms with Crippen molar-refractivity contribution in [1.29, 1.82) is 0 Å². The van der Waals surface area contributed by atoms with E-state index in [1.165, 1.54) is 0 Å². The van der Waals surface area contributed by atoms with Crippen LogP contribution < -0.4 is 0 Å². The molecule has 0 radical (unpaired) electrons. The minimum absolute atomic E-state index is 0.0902. The summed E-state index contributed by atoms with van der Waals surface area (Å²) < 4.78 is 43.8. The molecule has 0 unspecified atom stereocenters. The normalized spacial score (nSPS) is 12.3.